The van der Waals surface area contributed by atoms with Gasteiger partial charge in [-0.05, 0) is 58.5 Å². The third-order valence-corrected chi connectivity index (χ3v) is 3.25. The zero-order valence-electron chi connectivity index (χ0n) is 12.2. The maximum absolute atomic E-state index is 13.1. The van der Waals surface area contributed by atoms with Crippen LogP contribution in [0.3, 0.4) is 0 Å². The fourth-order valence-corrected chi connectivity index (χ4v) is 2.09. The van der Waals surface area contributed by atoms with E-state index in [2.05, 4.69) is 26.6 Å². The highest BCUT2D eigenvalue weighted by atomic mass is 79.9. The lowest BCUT2D eigenvalue weighted by Crippen LogP contribution is -2.34. The van der Waals surface area contributed by atoms with Gasteiger partial charge in [-0.2, -0.15) is 0 Å². The van der Waals surface area contributed by atoms with Crippen molar-refractivity contribution in [2.24, 2.45) is 0 Å². The highest BCUT2D eigenvalue weighted by Gasteiger charge is 2.08. The highest BCUT2D eigenvalue weighted by Crippen LogP contribution is 2.19. The molecule has 0 aliphatic heterocycles. The summed E-state index contributed by atoms with van der Waals surface area (Å²) in [6, 6.07) is 13.1. The maximum atomic E-state index is 13.1. The Morgan fingerprint density at radius 1 is 1.14 bits per heavy atom. The summed E-state index contributed by atoms with van der Waals surface area (Å²) in [5.41, 5.74) is 1.09. The van der Waals surface area contributed by atoms with Crippen molar-refractivity contribution >= 4 is 44.9 Å². The predicted octanol–water partition coefficient (Wildman–Crippen LogP) is 4.74. The van der Waals surface area contributed by atoms with Gasteiger partial charge in [0.05, 0.1) is 4.47 Å². The highest BCUT2D eigenvalue weighted by molar-refractivity contribution is 9.10. The van der Waals surface area contributed by atoms with Crippen molar-refractivity contribution in [1.29, 1.82) is 0 Å². The number of carbonyl (C=O) groups excluding carboxylic acids is 1. The fourth-order valence-electron chi connectivity index (χ4n) is 1.50. The van der Waals surface area contributed by atoms with E-state index in [1.807, 2.05) is 19.9 Å². The van der Waals surface area contributed by atoms with Gasteiger partial charge in [0.1, 0.15) is 5.82 Å². The summed E-state index contributed by atoms with van der Waals surface area (Å²) in [7, 11) is 0. The molecule has 0 radical (unpaired) electrons. The van der Waals surface area contributed by atoms with E-state index in [1.165, 1.54) is 18.2 Å². The molecule has 0 bridgehead atoms. The van der Waals surface area contributed by atoms with E-state index in [9.17, 15) is 9.18 Å². The minimum Gasteiger partial charge on any atom is -0.332 e. The number of amides is 1. The number of anilines is 1. The van der Waals surface area contributed by atoms with Gasteiger partial charge in [-0.1, -0.05) is 32.0 Å². The molecule has 0 heterocycles. The fraction of sp³-hybridized carbons (Fsp3) is 0.125. The molecule has 1 amide bonds. The number of hydrogen-bond donors (Lipinski definition) is 2. The second kappa shape index (κ2) is 9.27. The molecule has 2 aromatic rings. The molecule has 2 N–H and O–H groups in total. The van der Waals surface area contributed by atoms with Gasteiger partial charge in [0, 0.05) is 11.3 Å². The van der Waals surface area contributed by atoms with Crippen molar-refractivity contribution < 1.29 is 9.18 Å². The first-order valence-corrected chi connectivity index (χ1v) is 7.89. The molecule has 116 valence electrons. The van der Waals surface area contributed by atoms with Crippen molar-refractivity contribution in [3.63, 3.8) is 0 Å². The van der Waals surface area contributed by atoms with Crippen LogP contribution in [0.5, 0.6) is 0 Å². The predicted molar refractivity (Wildman–Crippen MR) is 95.6 cm³/mol. The molecular formula is C16H16BrFN2OS. The SMILES string of the molecule is CC.O=C(NC(=S)Nc1ccc(F)c(Br)c1)c1ccccc1. The third kappa shape index (κ3) is 5.54. The van der Waals surface area contributed by atoms with Gasteiger partial charge in [0.2, 0.25) is 0 Å². The number of benzene rings is 2. The summed E-state index contributed by atoms with van der Waals surface area (Å²) in [4.78, 5) is 11.9. The third-order valence-electron chi connectivity index (χ3n) is 2.44. The summed E-state index contributed by atoms with van der Waals surface area (Å²) in [6.45, 7) is 4.00. The van der Waals surface area contributed by atoms with Crippen LogP contribution in [0.1, 0.15) is 24.2 Å². The van der Waals surface area contributed by atoms with Crippen LogP contribution in [-0.2, 0) is 0 Å². The van der Waals surface area contributed by atoms with Crippen LogP contribution in [0.15, 0.2) is 53.0 Å². The first kappa shape index (κ1) is 18.3. The molecule has 22 heavy (non-hydrogen) atoms. The maximum Gasteiger partial charge on any atom is 0.257 e. The summed E-state index contributed by atoms with van der Waals surface area (Å²) in [5.74, 6) is -0.668. The normalized spacial score (nSPS) is 9.27. The van der Waals surface area contributed by atoms with E-state index in [1.54, 1.807) is 24.3 Å². The van der Waals surface area contributed by atoms with Gasteiger partial charge in [-0.25, -0.2) is 4.39 Å². The second-order valence-electron chi connectivity index (χ2n) is 3.90. The van der Waals surface area contributed by atoms with Gasteiger partial charge in [0.15, 0.2) is 5.11 Å². The molecule has 2 aromatic carbocycles. The molecule has 0 saturated carbocycles. The van der Waals surface area contributed by atoms with Crippen LogP contribution >= 0.6 is 28.1 Å². The van der Waals surface area contributed by atoms with E-state index in [4.69, 9.17) is 12.2 Å². The Morgan fingerprint density at radius 2 is 1.77 bits per heavy atom. The van der Waals surface area contributed by atoms with E-state index in [0.29, 0.717) is 15.7 Å². The Morgan fingerprint density at radius 3 is 2.36 bits per heavy atom. The van der Waals surface area contributed by atoms with E-state index >= 15 is 0 Å². The lowest BCUT2D eigenvalue weighted by molar-refractivity contribution is 0.0977. The van der Waals surface area contributed by atoms with Crippen LogP contribution in [-0.4, -0.2) is 11.0 Å². The van der Waals surface area contributed by atoms with E-state index in [-0.39, 0.29) is 16.8 Å². The Labute approximate surface area is 143 Å². The molecule has 6 heteroatoms. The zero-order chi connectivity index (χ0) is 16.5. The average molecular weight is 383 g/mol. The molecule has 0 unspecified atom stereocenters. The van der Waals surface area contributed by atoms with Gasteiger partial charge in [0.25, 0.3) is 5.91 Å². The van der Waals surface area contributed by atoms with Crippen LogP contribution in [0, 0.1) is 5.82 Å². The quantitative estimate of drug-likeness (QED) is 0.736. The number of rotatable bonds is 2. The number of nitrogens with one attached hydrogen (secondary N) is 2. The first-order chi connectivity index (χ1) is 10.6. The lowest BCUT2D eigenvalue weighted by Gasteiger charge is -2.10. The van der Waals surface area contributed by atoms with Crippen molar-refractivity contribution in [3.05, 3.63) is 64.4 Å². The minimum absolute atomic E-state index is 0.150. The number of hydrogen-bond acceptors (Lipinski definition) is 2. The van der Waals surface area contributed by atoms with E-state index < -0.39 is 0 Å². The Bertz CT molecular complexity index is 650. The second-order valence-corrected chi connectivity index (χ2v) is 5.17. The average Bonchev–Trinajstić information content (AvgIpc) is 2.53. The molecule has 2 rings (SSSR count). The largest absolute Gasteiger partial charge is 0.332 e. The molecule has 0 fully saturated rings. The molecule has 0 atom stereocenters. The van der Waals surface area contributed by atoms with Crippen LogP contribution < -0.4 is 10.6 Å². The molecule has 0 spiro atoms. The van der Waals surface area contributed by atoms with Gasteiger partial charge >= 0.3 is 0 Å². The Hall–Kier alpha value is -1.79. The smallest absolute Gasteiger partial charge is 0.257 e. The molecule has 0 saturated heterocycles. The van der Waals surface area contributed by atoms with Gasteiger partial charge in [-0.3, -0.25) is 10.1 Å². The van der Waals surface area contributed by atoms with Gasteiger partial charge in [-0.15, -0.1) is 0 Å². The monoisotopic (exact) mass is 382 g/mol. The van der Waals surface area contributed by atoms with Crippen molar-refractivity contribution in [1.82, 2.24) is 5.32 Å². The Balaban J connectivity index is 0.00000116. The lowest BCUT2D eigenvalue weighted by atomic mass is 10.2. The van der Waals surface area contributed by atoms with Crippen molar-refractivity contribution in [2.45, 2.75) is 13.8 Å². The number of thiocarbonyl (C=S) groups is 1. The zero-order valence-corrected chi connectivity index (χ0v) is 14.6. The molecule has 3 nitrogen and oxygen atoms in total. The molecule has 0 aliphatic carbocycles. The van der Waals surface area contributed by atoms with Crippen LogP contribution in [0.4, 0.5) is 10.1 Å². The first-order valence-electron chi connectivity index (χ1n) is 6.68. The molecule has 0 aromatic heterocycles. The molecule has 0 aliphatic rings. The summed E-state index contributed by atoms with van der Waals surface area (Å²) >= 11 is 8.11. The minimum atomic E-state index is -0.366. The van der Waals surface area contributed by atoms with Crippen molar-refractivity contribution in [3.8, 4) is 0 Å². The van der Waals surface area contributed by atoms with Gasteiger partial charge < -0.3 is 5.32 Å². The topological polar surface area (TPSA) is 41.1 Å². The van der Waals surface area contributed by atoms with Crippen LogP contribution in [0.2, 0.25) is 0 Å². The number of carbonyl (C=O) groups is 1. The number of halogens is 2. The van der Waals surface area contributed by atoms with Crippen LogP contribution in [0.25, 0.3) is 0 Å². The summed E-state index contributed by atoms with van der Waals surface area (Å²) in [5, 5.41) is 5.51. The van der Waals surface area contributed by atoms with E-state index in [0.717, 1.165) is 0 Å². The standard InChI is InChI=1S/C14H10BrFN2OS.C2H6/c15-11-8-10(6-7-12(11)16)17-14(20)18-13(19)9-4-2-1-3-5-9;1-2/h1-8H,(H2,17,18,19,20);1-2H3. The Kier molecular flexibility index (Phi) is 7.70. The summed E-state index contributed by atoms with van der Waals surface area (Å²) < 4.78 is 13.4. The summed E-state index contributed by atoms with van der Waals surface area (Å²) in [6.07, 6.45) is 0. The molecular weight excluding hydrogens is 367 g/mol. The van der Waals surface area contributed by atoms with Crippen molar-refractivity contribution in [2.75, 3.05) is 5.32 Å².